The van der Waals surface area contributed by atoms with Crippen LogP contribution >= 0.6 is 15.3 Å². The summed E-state index contributed by atoms with van der Waals surface area (Å²) in [5.41, 5.74) is 1.80. The molecule has 0 amide bonds. The van der Waals surface area contributed by atoms with E-state index in [0.717, 1.165) is 11.1 Å². The minimum atomic E-state index is -0.536. The normalized spacial score (nSPS) is 12.0. The molecule has 50 valence electrons. The highest BCUT2D eigenvalue weighted by molar-refractivity contribution is 9.24. The van der Waals surface area contributed by atoms with Gasteiger partial charge in [0.05, 0.1) is 0 Å². The highest BCUT2D eigenvalue weighted by Gasteiger charge is 2.14. The van der Waals surface area contributed by atoms with Crippen molar-refractivity contribution in [2.24, 2.45) is 0 Å². The van der Waals surface area contributed by atoms with Crippen molar-refractivity contribution < 1.29 is 0 Å². The van der Waals surface area contributed by atoms with E-state index >= 15 is 0 Å². The fourth-order valence-corrected chi connectivity index (χ4v) is 2.31. The van der Waals surface area contributed by atoms with Gasteiger partial charge in [-0.1, -0.05) is 27.7 Å². The largest absolute Gasteiger partial charge is 0.130 e. The molecule has 0 aromatic carbocycles. The van der Waals surface area contributed by atoms with Gasteiger partial charge in [-0.05, 0) is 11.1 Å². The third-order valence-corrected chi connectivity index (χ3v) is 10.2. The molecule has 0 aromatic rings. The van der Waals surface area contributed by atoms with Crippen LogP contribution in [0.4, 0.5) is 0 Å². The molecule has 0 atom stereocenters. The first-order valence-corrected chi connectivity index (χ1v) is 7.71. The van der Waals surface area contributed by atoms with Crippen molar-refractivity contribution in [3.05, 3.63) is 0 Å². The molecular formula is C6H15BrSi. The van der Waals surface area contributed by atoms with Gasteiger partial charge in [-0.2, -0.15) is 0 Å². The topological polar surface area (TPSA) is 0 Å². The molecule has 0 saturated heterocycles. The van der Waals surface area contributed by atoms with Gasteiger partial charge < -0.3 is 0 Å². The maximum Gasteiger partial charge on any atom is 0.119 e. The van der Waals surface area contributed by atoms with Crippen molar-refractivity contribution in [3.63, 3.8) is 0 Å². The Labute approximate surface area is 61.9 Å². The standard InChI is InChI=1S/C6H15BrSi/c1-5(2)8(7)6(3)4/h5-6,8H,1-4H3. The molecule has 0 rings (SSSR count). The van der Waals surface area contributed by atoms with E-state index in [9.17, 15) is 0 Å². The molecule has 2 heteroatoms. The Hall–Kier alpha value is 0.697. The Morgan fingerprint density at radius 3 is 1.25 bits per heavy atom. The molecule has 0 aliphatic heterocycles. The van der Waals surface area contributed by atoms with Gasteiger partial charge >= 0.3 is 0 Å². The van der Waals surface area contributed by atoms with E-state index in [1.807, 2.05) is 0 Å². The van der Waals surface area contributed by atoms with Gasteiger partial charge in [0.2, 0.25) is 0 Å². The van der Waals surface area contributed by atoms with Crippen LogP contribution in [0.1, 0.15) is 27.7 Å². The second-order valence-corrected chi connectivity index (χ2v) is 9.66. The van der Waals surface area contributed by atoms with Gasteiger partial charge in [-0.3, -0.25) is 0 Å². The summed E-state index contributed by atoms with van der Waals surface area (Å²) in [6, 6.07) is 0. The van der Waals surface area contributed by atoms with Crippen molar-refractivity contribution >= 4 is 22.7 Å². The Morgan fingerprint density at radius 1 is 1.00 bits per heavy atom. The first-order chi connectivity index (χ1) is 3.55. The fraction of sp³-hybridized carbons (Fsp3) is 1.00. The van der Waals surface area contributed by atoms with E-state index in [1.54, 1.807) is 0 Å². The van der Waals surface area contributed by atoms with E-state index in [2.05, 4.69) is 43.0 Å². The zero-order valence-corrected chi connectivity index (χ0v) is 8.85. The maximum absolute atomic E-state index is 3.75. The summed E-state index contributed by atoms with van der Waals surface area (Å²) in [4.78, 5) is 0. The Kier molecular flexibility index (Phi) is 3.99. The molecule has 0 spiro atoms. The average Bonchev–Trinajstić information content (AvgIpc) is 1.64. The minimum absolute atomic E-state index is 0.536. The van der Waals surface area contributed by atoms with E-state index in [1.165, 1.54) is 0 Å². The second-order valence-electron chi connectivity index (χ2n) is 2.93. The molecule has 0 saturated carbocycles. The Morgan fingerprint density at radius 2 is 1.25 bits per heavy atom. The molecule has 8 heavy (non-hydrogen) atoms. The molecule has 0 nitrogen and oxygen atoms in total. The van der Waals surface area contributed by atoms with Crippen LogP contribution in [-0.2, 0) is 0 Å². The van der Waals surface area contributed by atoms with Gasteiger partial charge in [-0.25, -0.2) is 0 Å². The third kappa shape index (κ3) is 2.87. The van der Waals surface area contributed by atoms with Crippen molar-refractivity contribution in [2.45, 2.75) is 38.8 Å². The summed E-state index contributed by atoms with van der Waals surface area (Å²) in [5, 5.41) is 0. The maximum atomic E-state index is 3.75. The molecule has 0 fully saturated rings. The molecule has 0 aliphatic rings. The van der Waals surface area contributed by atoms with Crippen LogP contribution in [0.5, 0.6) is 0 Å². The Bertz CT molecular complexity index is 53.5. The smallest absolute Gasteiger partial charge is 0.119 e. The number of hydrogen-bond acceptors (Lipinski definition) is 0. The van der Waals surface area contributed by atoms with E-state index < -0.39 is 7.42 Å². The average molecular weight is 195 g/mol. The molecule has 0 N–H and O–H groups in total. The predicted molar refractivity (Wildman–Crippen MR) is 46.3 cm³/mol. The van der Waals surface area contributed by atoms with Crippen LogP contribution in [0, 0.1) is 0 Å². The van der Waals surface area contributed by atoms with Crippen LogP contribution in [0.25, 0.3) is 0 Å². The second kappa shape index (κ2) is 3.67. The molecule has 0 aliphatic carbocycles. The van der Waals surface area contributed by atoms with E-state index in [-0.39, 0.29) is 0 Å². The molecule has 0 radical (unpaired) electrons. The number of halogens is 1. The first-order valence-electron chi connectivity index (χ1n) is 3.19. The quantitative estimate of drug-likeness (QED) is 0.469. The highest BCUT2D eigenvalue weighted by Crippen LogP contribution is 2.24. The van der Waals surface area contributed by atoms with E-state index in [4.69, 9.17) is 0 Å². The van der Waals surface area contributed by atoms with Gasteiger partial charge in [0.1, 0.15) is 7.42 Å². The summed E-state index contributed by atoms with van der Waals surface area (Å²) in [6.45, 7) is 9.19. The minimum Gasteiger partial charge on any atom is -0.130 e. The van der Waals surface area contributed by atoms with Crippen LogP contribution < -0.4 is 0 Å². The van der Waals surface area contributed by atoms with Crippen molar-refractivity contribution in [3.8, 4) is 0 Å². The molecule has 0 bridgehead atoms. The van der Waals surface area contributed by atoms with Crippen LogP contribution in [0.15, 0.2) is 0 Å². The third-order valence-electron chi connectivity index (χ3n) is 1.27. The molecular weight excluding hydrogens is 180 g/mol. The van der Waals surface area contributed by atoms with Crippen LogP contribution in [0.3, 0.4) is 0 Å². The summed E-state index contributed by atoms with van der Waals surface area (Å²) >= 11 is 3.75. The lowest BCUT2D eigenvalue weighted by atomic mass is 10.5. The SMILES string of the molecule is CC(C)[SiH](Br)C(C)C. The lowest BCUT2D eigenvalue weighted by molar-refractivity contribution is 0.965. The summed E-state index contributed by atoms with van der Waals surface area (Å²) in [7, 11) is -0.536. The summed E-state index contributed by atoms with van der Waals surface area (Å²) in [5.74, 6) is 0. The lowest BCUT2D eigenvalue weighted by Crippen LogP contribution is -2.11. The van der Waals surface area contributed by atoms with Crippen molar-refractivity contribution in [1.82, 2.24) is 0 Å². The van der Waals surface area contributed by atoms with Crippen LogP contribution in [-0.4, -0.2) is 7.42 Å². The highest BCUT2D eigenvalue weighted by atomic mass is 79.9. The van der Waals surface area contributed by atoms with Gasteiger partial charge in [0, 0.05) is 0 Å². The predicted octanol–water partition coefficient (Wildman–Crippen LogP) is 2.93. The van der Waals surface area contributed by atoms with Crippen LogP contribution in [0.2, 0.25) is 11.1 Å². The Balaban J connectivity index is 3.46. The van der Waals surface area contributed by atoms with Gasteiger partial charge in [0.25, 0.3) is 0 Å². The first kappa shape index (κ1) is 8.70. The van der Waals surface area contributed by atoms with Gasteiger partial charge in [-0.15, -0.1) is 15.3 Å². The zero-order valence-electron chi connectivity index (χ0n) is 6.11. The summed E-state index contributed by atoms with van der Waals surface area (Å²) in [6.07, 6.45) is 0. The summed E-state index contributed by atoms with van der Waals surface area (Å²) < 4.78 is 0. The number of hydrogen-bond donors (Lipinski definition) is 0. The van der Waals surface area contributed by atoms with Crippen molar-refractivity contribution in [2.75, 3.05) is 0 Å². The van der Waals surface area contributed by atoms with E-state index in [0.29, 0.717) is 0 Å². The van der Waals surface area contributed by atoms with Gasteiger partial charge in [0.15, 0.2) is 0 Å². The fourth-order valence-electron chi connectivity index (χ4n) is 0.770. The monoisotopic (exact) mass is 194 g/mol. The molecule has 0 aromatic heterocycles. The lowest BCUT2D eigenvalue weighted by Gasteiger charge is -2.14. The number of rotatable bonds is 2. The zero-order chi connectivity index (χ0) is 6.73. The molecule has 0 heterocycles. The van der Waals surface area contributed by atoms with Crippen molar-refractivity contribution in [1.29, 1.82) is 0 Å². The molecule has 0 unspecified atom stereocenters.